The van der Waals surface area contributed by atoms with E-state index in [1.54, 1.807) is 12.4 Å². The summed E-state index contributed by atoms with van der Waals surface area (Å²) in [4.78, 5) is 28.3. The van der Waals surface area contributed by atoms with E-state index in [0.717, 1.165) is 16.7 Å². The van der Waals surface area contributed by atoms with Gasteiger partial charge in [-0.05, 0) is 41.3 Å². The van der Waals surface area contributed by atoms with Crippen LogP contribution in [0.25, 0.3) is 0 Å². The van der Waals surface area contributed by atoms with E-state index in [9.17, 15) is 9.59 Å². The molecule has 5 nitrogen and oxygen atoms in total. The van der Waals surface area contributed by atoms with E-state index in [4.69, 9.17) is 4.74 Å². The van der Waals surface area contributed by atoms with Gasteiger partial charge in [-0.2, -0.15) is 0 Å². The van der Waals surface area contributed by atoms with E-state index in [-0.39, 0.29) is 17.6 Å². The summed E-state index contributed by atoms with van der Waals surface area (Å²) in [6.45, 7) is 4.08. The van der Waals surface area contributed by atoms with Gasteiger partial charge in [0.25, 0.3) is 0 Å². The maximum Gasteiger partial charge on any atom is 0.227 e. The quantitative estimate of drug-likeness (QED) is 0.505. The number of anilines is 1. The molecule has 0 aliphatic rings. The summed E-state index contributed by atoms with van der Waals surface area (Å²) in [7, 11) is 0. The molecule has 3 aromatic rings. The highest BCUT2D eigenvalue weighted by molar-refractivity contribution is 5.93. The monoisotopic (exact) mass is 416 g/mol. The Bertz CT molecular complexity index is 999. The molecule has 0 radical (unpaired) electrons. The zero-order chi connectivity index (χ0) is 22.1. The van der Waals surface area contributed by atoms with Gasteiger partial charge in [0.1, 0.15) is 18.1 Å². The Labute approximate surface area is 183 Å². The second-order valence-corrected chi connectivity index (χ2v) is 7.82. The van der Waals surface area contributed by atoms with Gasteiger partial charge in [-0.15, -0.1) is 0 Å². The highest BCUT2D eigenvalue weighted by Gasteiger charge is 2.11. The van der Waals surface area contributed by atoms with Crippen molar-refractivity contribution in [1.82, 2.24) is 4.98 Å². The van der Waals surface area contributed by atoms with E-state index >= 15 is 0 Å². The van der Waals surface area contributed by atoms with Crippen LogP contribution in [0.15, 0.2) is 73.1 Å². The molecular formula is C26H28N2O3. The second kappa shape index (κ2) is 11.1. The minimum Gasteiger partial charge on any atom is -0.487 e. The van der Waals surface area contributed by atoms with Crippen molar-refractivity contribution in [3.05, 3.63) is 89.7 Å². The molecule has 2 aromatic carbocycles. The normalized spacial score (nSPS) is 10.7. The van der Waals surface area contributed by atoms with Crippen LogP contribution in [0.2, 0.25) is 0 Å². The predicted molar refractivity (Wildman–Crippen MR) is 122 cm³/mol. The van der Waals surface area contributed by atoms with Crippen LogP contribution in [0, 0.1) is 5.92 Å². The lowest BCUT2D eigenvalue weighted by Crippen LogP contribution is -2.18. The first kappa shape index (κ1) is 22.2. The first-order chi connectivity index (χ1) is 15.0. The summed E-state index contributed by atoms with van der Waals surface area (Å²) in [5.74, 6) is 0.690. The Morgan fingerprint density at radius 3 is 2.39 bits per heavy atom. The number of nitrogens with zero attached hydrogens (tertiary/aromatic N) is 1. The number of hydrogen-bond acceptors (Lipinski definition) is 4. The molecule has 5 heteroatoms. The number of nitrogens with one attached hydrogen (secondary N) is 1. The van der Waals surface area contributed by atoms with Gasteiger partial charge in [0.05, 0.1) is 5.69 Å². The third-order valence-corrected chi connectivity index (χ3v) is 4.90. The van der Waals surface area contributed by atoms with Crippen molar-refractivity contribution in [3.8, 4) is 5.75 Å². The molecule has 0 saturated carbocycles. The molecule has 160 valence electrons. The van der Waals surface area contributed by atoms with Crippen LogP contribution in [0.4, 0.5) is 5.69 Å². The molecule has 1 amide bonds. The molecule has 0 unspecified atom stereocenters. The van der Waals surface area contributed by atoms with E-state index in [2.05, 4.69) is 10.3 Å². The average Bonchev–Trinajstić information content (AvgIpc) is 2.78. The lowest BCUT2D eigenvalue weighted by Gasteiger charge is -2.14. The standard InChI is InChI=1S/C26H28N2O3/c1-19(2)26(30)28-24-7-3-4-8-25(24)31-18-22-11-9-20(10-12-22)16-23(29)14-13-21-6-5-15-27-17-21/h3-12,15,17,19H,13-14,16,18H2,1-2H3,(H,28,30). The third-order valence-electron chi connectivity index (χ3n) is 4.90. The van der Waals surface area contributed by atoms with Crippen LogP contribution in [0.5, 0.6) is 5.75 Å². The summed E-state index contributed by atoms with van der Waals surface area (Å²) >= 11 is 0. The molecule has 1 aromatic heterocycles. The van der Waals surface area contributed by atoms with E-state index in [1.807, 2.05) is 74.5 Å². The van der Waals surface area contributed by atoms with E-state index in [1.165, 1.54) is 0 Å². The lowest BCUT2D eigenvalue weighted by atomic mass is 10.0. The fraction of sp³-hybridized carbons (Fsp3) is 0.269. The van der Waals surface area contributed by atoms with Crippen molar-refractivity contribution in [1.29, 1.82) is 0 Å². The van der Waals surface area contributed by atoms with Gasteiger partial charge in [0, 0.05) is 31.2 Å². The molecule has 0 fully saturated rings. The number of amides is 1. The second-order valence-electron chi connectivity index (χ2n) is 7.82. The Morgan fingerprint density at radius 2 is 1.68 bits per heavy atom. The van der Waals surface area contributed by atoms with Crippen molar-refractivity contribution in [3.63, 3.8) is 0 Å². The van der Waals surface area contributed by atoms with Crippen molar-refractivity contribution < 1.29 is 14.3 Å². The van der Waals surface area contributed by atoms with Gasteiger partial charge in [-0.25, -0.2) is 0 Å². The van der Waals surface area contributed by atoms with Crippen LogP contribution < -0.4 is 10.1 Å². The number of carbonyl (C=O) groups excluding carboxylic acids is 2. The van der Waals surface area contributed by atoms with E-state index in [0.29, 0.717) is 37.3 Å². The largest absolute Gasteiger partial charge is 0.487 e. The average molecular weight is 417 g/mol. The number of hydrogen-bond donors (Lipinski definition) is 1. The molecule has 0 aliphatic heterocycles. The van der Waals surface area contributed by atoms with E-state index < -0.39 is 0 Å². The lowest BCUT2D eigenvalue weighted by molar-refractivity contribution is -0.119. The fourth-order valence-electron chi connectivity index (χ4n) is 3.03. The van der Waals surface area contributed by atoms with Crippen LogP contribution in [0.1, 0.15) is 37.0 Å². The summed E-state index contributed by atoms with van der Waals surface area (Å²) < 4.78 is 5.92. The Morgan fingerprint density at radius 1 is 0.935 bits per heavy atom. The first-order valence-corrected chi connectivity index (χ1v) is 10.5. The fourth-order valence-corrected chi connectivity index (χ4v) is 3.03. The minimum atomic E-state index is -0.104. The summed E-state index contributed by atoms with van der Waals surface area (Å²) in [5.41, 5.74) is 3.73. The van der Waals surface area contributed by atoms with Gasteiger partial charge < -0.3 is 10.1 Å². The smallest absolute Gasteiger partial charge is 0.227 e. The molecule has 3 rings (SSSR count). The number of carbonyl (C=O) groups is 2. The maximum atomic E-state index is 12.3. The van der Waals surface area contributed by atoms with Crippen LogP contribution in [-0.2, 0) is 29.0 Å². The number of aryl methyl sites for hydroxylation is 1. The molecule has 0 atom stereocenters. The number of benzene rings is 2. The van der Waals surface area contributed by atoms with Crippen LogP contribution >= 0.6 is 0 Å². The molecular weight excluding hydrogens is 388 g/mol. The summed E-state index contributed by atoms with van der Waals surface area (Å²) in [5, 5.41) is 2.90. The number of rotatable bonds is 10. The Kier molecular flexibility index (Phi) is 7.93. The predicted octanol–water partition coefficient (Wildman–Crippen LogP) is 5.00. The Hall–Kier alpha value is -3.47. The maximum absolute atomic E-state index is 12.3. The Balaban J connectivity index is 1.51. The first-order valence-electron chi connectivity index (χ1n) is 10.5. The molecule has 1 N–H and O–H groups in total. The van der Waals surface area contributed by atoms with Crippen LogP contribution in [-0.4, -0.2) is 16.7 Å². The SMILES string of the molecule is CC(C)C(=O)Nc1ccccc1OCc1ccc(CC(=O)CCc2cccnc2)cc1. The number of ketones is 1. The van der Waals surface area contributed by atoms with Crippen LogP contribution in [0.3, 0.4) is 0 Å². The summed E-state index contributed by atoms with van der Waals surface area (Å²) in [6.07, 6.45) is 5.18. The highest BCUT2D eigenvalue weighted by Crippen LogP contribution is 2.25. The van der Waals surface area contributed by atoms with Gasteiger partial charge in [0.15, 0.2) is 0 Å². The topological polar surface area (TPSA) is 68.3 Å². The highest BCUT2D eigenvalue weighted by atomic mass is 16.5. The molecule has 1 heterocycles. The molecule has 0 aliphatic carbocycles. The molecule has 0 bridgehead atoms. The van der Waals surface area contributed by atoms with Gasteiger partial charge in [-0.3, -0.25) is 14.6 Å². The van der Waals surface area contributed by atoms with Crippen molar-refractivity contribution in [2.45, 2.75) is 39.7 Å². The number of ether oxygens (including phenoxy) is 1. The van der Waals surface area contributed by atoms with Crippen molar-refractivity contribution in [2.75, 3.05) is 5.32 Å². The van der Waals surface area contributed by atoms with Gasteiger partial charge in [0.2, 0.25) is 5.91 Å². The van der Waals surface area contributed by atoms with Crippen molar-refractivity contribution >= 4 is 17.4 Å². The third kappa shape index (κ3) is 7.07. The molecule has 31 heavy (non-hydrogen) atoms. The number of aromatic nitrogens is 1. The molecule has 0 spiro atoms. The summed E-state index contributed by atoms with van der Waals surface area (Å²) in [6, 6.07) is 19.2. The van der Waals surface area contributed by atoms with Crippen molar-refractivity contribution in [2.24, 2.45) is 5.92 Å². The van der Waals surface area contributed by atoms with Gasteiger partial charge >= 0.3 is 0 Å². The molecule has 0 saturated heterocycles. The number of para-hydroxylation sites is 2. The minimum absolute atomic E-state index is 0.0476. The zero-order valence-corrected chi connectivity index (χ0v) is 18.0. The number of Topliss-reactive ketones (excluding diaryl/α,β-unsaturated/α-hetero) is 1. The number of pyridine rings is 1. The van der Waals surface area contributed by atoms with Gasteiger partial charge in [-0.1, -0.05) is 56.3 Å². The zero-order valence-electron chi connectivity index (χ0n) is 18.0.